The average molecular weight is 412 g/mol. The maximum atomic E-state index is 12.9. The number of anilines is 1. The van der Waals surface area contributed by atoms with Crippen molar-refractivity contribution in [2.45, 2.75) is 53.4 Å². The summed E-state index contributed by atoms with van der Waals surface area (Å²) in [4.78, 5) is 30.0. The van der Waals surface area contributed by atoms with Crippen LogP contribution >= 0.6 is 11.3 Å². The molecule has 0 saturated carbocycles. The van der Waals surface area contributed by atoms with Crippen LogP contribution in [0.25, 0.3) is 11.3 Å². The van der Waals surface area contributed by atoms with Gasteiger partial charge >= 0.3 is 0 Å². The number of aryl methyl sites for hydroxylation is 2. The highest BCUT2D eigenvalue weighted by molar-refractivity contribution is 7.16. The molecule has 1 aliphatic rings. The molecule has 1 heterocycles. The molecule has 0 fully saturated rings. The summed E-state index contributed by atoms with van der Waals surface area (Å²) in [5.41, 5.74) is 5.26. The van der Waals surface area contributed by atoms with Crippen LogP contribution in [-0.4, -0.2) is 16.9 Å². The Hall–Kier alpha value is -2.47. The summed E-state index contributed by atoms with van der Waals surface area (Å²) in [5, 5.41) is 14.9. The molecular weight excluding hydrogens is 384 g/mol. The smallest absolute Gasteiger partial charge is 0.230 e. The lowest BCUT2D eigenvalue weighted by Crippen LogP contribution is -2.42. The first-order valence-electron chi connectivity index (χ1n) is 10.0. The summed E-state index contributed by atoms with van der Waals surface area (Å²) in [5.74, 6) is -2.90. The summed E-state index contributed by atoms with van der Waals surface area (Å²) in [7, 11) is 0. The molecule has 1 aromatic carbocycles. The third-order valence-corrected chi connectivity index (χ3v) is 6.58. The maximum absolute atomic E-state index is 12.9. The van der Waals surface area contributed by atoms with Crippen molar-refractivity contribution in [1.82, 2.24) is 4.98 Å². The Labute approximate surface area is 175 Å². The zero-order valence-electron chi connectivity index (χ0n) is 17.4. The van der Waals surface area contributed by atoms with E-state index in [9.17, 15) is 14.7 Å². The van der Waals surface area contributed by atoms with Gasteiger partial charge in [-0.3, -0.25) is 4.79 Å². The van der Waals surface area contributed by atoms with E-state index in [4.69, 9.17) is 0 Å². The van der Waals surface area contributed by atoms with E-state index in [0.29, 0.717) is 18.0 Å². The third-order valence-electron chi connectivity index (χ3n) is 5.70. The molecule has 2 aromatic rings. The molecule has 0 spiro atoms. The number of carbonyl (C=O) groups is 2. The predicted molar refractivity (Wildman–Crippen MR) is 115 cm³/mol. The SMILES string of the molecule is CCCc1ccc(-c2nc(NC(=O)[C@@H]3CC(C)=C(C)C[C@H]3C(=O)[O-])sc2C)cc1. The summed E-state index contributed by atoms with van der Waals surface area (Å²) in [6, 6.07) is 8.34. The van der Waals surface area contributed by atoms with Crippen molar-refractivity contribution >= 4 is 28.3 Å². The van der Waals surface area contributed by atoms with Crippen molar-refractivity contribution in [3.05, 3.63) is 45.9 Å². The molecule has 154 valence electrons. The Kier molecular flexibility index (Phi) is 6.52. The molecule has 0 saturated heterocycles. The number of amides is 1. The number of aliphatic carboxylic acids is 1. The van der Waals surface area contributed by atoms with Crippen molar-refractivity contribution in [2.75, 3.05) is 5.32 Å². The number of aromatic nitrogens is 1. The average Bonchev–Trinajstić information content (AvgIpc) is 3.04. The van der Waals surface area contributed by atoms with Gasteiger partial charge in [-0.25, -0.2) is 4.98 Å². The highest BCUT2D eigenvalue weighted by atomic mass is 32.1. The van der Waals surface area contributed by atoms with E-state index < -0.39 is 17.8 Å². The second kappa shape index (κ2) is 8.91. The van der Waals surface area contributed by atoms with Crippen LogP contribution in [0.3, 0.4) is 0 Å². The normalized spacial score (nSPS) is 19.3. The summed E-state index contributed by atoms with van der Waals surface area (Å²) in [6.07, 6.45) is 2.95. The van der Waals surface area contributed by atoms with Crippen molar-refractivity contribution < 1.29 is 14.7 Å². The van der Waals surface area contributed by atoms with Gasteiger partial charge in [0.1, 0.15) is 0 Å². The lowest BCUT2D eigenvalue weighted by Gasteiger charge is -2.32. The van der Waals surface area contributed by atoms with Crippen LogP contribution in [0.4, 0.5) is 5.13 Å². The van der Waals surface area contributed by atoms with Crippen molar-refractivity contribution in [1.29, 1.82) is 0 Å². The van der Waals surface area contributed by atoms with E-state index in [1.807, 2.05) is 20.8 Å². The Bertz CT molecular complexity index is 944. The number of hydrogen-bond acceptors (Lipinski definition) is 5. The van der Waals surface area contributed by atoms with Crippen LogP contribution in [-0.2, 0) is 16.0 Å². The van der Waals surface area contributed by atoms with Gasteiger partial charge in [-0.1, -0.05) is 48.8 Å². The van der Waals surface area contributed by atoms with E-state index in [2.05, 4.69) is 41.5 Å². The zero-order chi connectivity index (χ0) is 21.1. The summed E-state index contributed by atoms with van der Waals surface area (Å²) >= 11 is 1.41. The highest BCUT2D eigenvalue weighted by Crippen LogP contribution is 2.36. The van der Waals surface area contributed by atoms with Crippen molar-refractivity contribution in [3.8, 4) is 11.3 Å². The monoisotopic (exact) mass is 411 g/mol. The van der Waals surface area contributed by atoms with Gasteiger partial charge < -0.3 is 15.2 Å². The number of nitrogens with one attached hydrogen (secondary N) is 1. The first kappa shape index (κ1) is 21.2. The molecule has 3 rings (SSSR count). The van der Waals surface area contributed by atoms with Gasteiger partial charge in [0.2, 0.25) is 5.91 Å². The standard InChI is InChI=1S/C23H28N2O3S/c1-5-6-16-7-9-17(10-8-16)20-15(4)29-23(24-20)25-21(26)18-11-13(2)14(3)12-19(18)22(27)28/h7-10,18-19H,5-6,11-12H2,1-4H3,(H,27,28)(H,24,25,26)/p-1/t18-,19-/m1/s1. The van der Waals surface area contributed by atoms with Crippen molar-refractivity contribution in [3.63, 3.8) is 0 Å². The number of hydrogen-bond donors (Lipinski definition) is 1. The number of carboxylic acid groups (broad SMARTS) is 1. The van der Waals surface area contributed by atoms with E-state index >= 15 is 0 Å². The number of allylic oxidation sites excluding steroid dienone is 2. The predicted octanol–water partition coefficient (Wildman–Crippen LogP) is 4.12. The topological polar surface area (TPSA) is 82.1 Å². The number of carbonyl (C=O) groups excluding carboxylic acids is 2. The highest BCUT2D eigenvalue weighted by Gasteiger charge is 2.34. The lowest BCUT2D eigenvalue weighted by molar-refractivity contribution is -0.313. The van der Waals surface area contributed by atoms with Crippen LogP contribution in [0.15, 0.2) is 35.4 Å². The molecule has 0 bridgehead atoms. The molecule has 1 amide bonds. The van der Waals surface area contributed by atoms with Gasteiger partial charge in [0.15, 0.2) is 5.13 Å². The summed E-state index contributed by atoms with van der Waals surface area (Å²) < 4.78 is 0. The maximum Gasteiger partial charge on any atom is 0.230 e. The van der Waals surface area contributed by atoms with Gasteiger partial charge in [-0.2, -0.15) is 0 Å². The molecule has 5 nitrogen and oxygen atoms in total. The first-order valence-corrected chi connectivity index (χ1v) is 10.9. The van der Waals surface area contributed by atoms with E-state index in [1.165, 1.54) is 16.9 Å². The van der Waals surface area contributed by atoms with Crippen LogP contribution < -0.4 is 10.4 Å². The van der Waals surface area contributed by atoms with Gasteiger partial charge in [-0.15, -0.1) is 11.3 Å². The zero-order valence-corrected chi connectivity index (χ0v) is 18.2. The van der Waals surface area contributed by atoms with Gasteiger partial charge in [0.05, 0.1) is 11.6 Å². The van der Waals surface area contributed by atoms with Gasteiger partial charge in [-0.05, 0) is 45.6 Å². The largest absolute Gasteiger partial charge is 0.550 e. The van der Waals surface area contributed by atoms with Crippen LogP contribution in [0.2, 0.25) is 0 Å². The molecule has 0 radical (unpaired) electrons. The Morgan fingerprint density at radius 2 is 1.72 bits per heavy atom. The van der Waals surface area contributed by atoms with E-state index in [1.54, 1.807) is 0 Å². The minimum atomic E-state index is -1.17. The van der Waals surface area contributed by atoms with Crippen LogP contribution in [0, 0.1) is 18.8 Å². The fourth-order valence-electron chi connectivity index (χ4n) is 3.85. The lowest BCUT2D eigenvalue weighted by atomic mass is 9.76. The molecule has 1 aromatic heterocycles. The Morgan fingerprint density at radius 3 is 2.31 bits per heavy atom. The second-order valence-corrected chi connectivity index (χ2v) is 9.06. The Balaban J connectivity index is 1.77. The van der Waals surface area contributed by atoms with E-state index in [0.717, 1.165) is 40.1 Å². The first-order chi connectivity index (χ1) is 13.8. The number of benzene rings is 1. The van der Waals surface area contributed by atoms with Gasteiger partial charge in [0, 0.05) is 22.3 Å². The fraction of sp³-hybridized carbons (Fsp3) is 0.435. The third kappa shape index (κ3) is 4.75. The molecule has 1 N–H and O–H groups in total. The molecule has 1 aliphatic carbocycles. The van der Waals surface area contributed by atoms with Crippen molar-refractivity contribution in [2.24, 2.45) is 11.8 Å². The molecular formula is C23H27N2O3S-. The minimum Gasteiger partial charge on any atom is -0.550 e. The van der Waals surface area contributed by atoms with Gasteiger partial charge in [0.25, 0.3) is 0 Å². The molecule has 29 heavy (non-hydrogen) atoms. The quantitative estimate of drug-likeness (QED) is 0.725. The second-order valence-electron chi connectivity index (χ2n) is 7.86. The van der Waals surface area contributed by atoms with E-state index in [-0.39, 0.29) is 5.91 Å². The van der Waals surface area contributed by atoms with Crippen LogP contribution in [0.5, 0.6) is 0 Å². The molecule has 6 heteroatoms. The van der Waals surface area contributed by atoms with Crippen LogP contribution in [0.1, 0.15) is 50.5 Å². The number of rotatable bonds is 6. The Morgan fingerprint density at radius 1 is 1.10 bits per heavy atom. The number of carboxylic acids is 1. The molecule has 2 atom stereocenters. The molecule has 0 unspecified atom stereocenters. The summed E-state index contributed by atoms with van der Waals surface area (Å²) in [6.45, 7) is 8.00. The minimum absolute atomic E-state index is 0.301. The molecule has 0 aliphatic heterocycles. The number of nitrogens with zero attached hydrogens (tertiary/aromatic N) is 1. The fourth-order valence-corrected chi connectivity index (χ4v) is 4.69. The number of thiazole rings is 1.